The first kappa shape index (κ1) is 14.9. The Morgan fingerprint density at radius 3 is 2.24 bits per heavy atom. The van der Waals surface area contributed by atoms with Crippen LogP contribution in [-0.2, 0) is 9.47 Å². The summed E-state index contributed by atoms with van der Waals surface area (Å²) >= 11 is 0. The van der Waals surface area contributed by atoms with E-state index in [0.717, 1.165) is 38.9 Å². The SMILES string of the molecule is CCCC1(O)CN(CCC(OCC)OCC)C1. The van der Waals surface area contributed by atoms with Crippen LogP contribution in [0.4, 0.5) is 0 Å². The van der Waals surface area contributed by atoms with Crippen LogP contribution in [0.25, 0.3) is 0 Å². The molecule has 1 rings (SSSR count). The maximum Gasteiger partial charge on any atom is 0.158 e. The fraction of sp³-hybridized carbons (Fsp3) is 1.00. The summed E-state index contributed by atoms with van der Waals surface area (Å²) < 4.78 is 11.0. The van der Waals surface area contributed by atoms with Crippen LogP contribution < -0.4 is 0 Å². The zero-order valence-corrected chi connectivity index (χ0v) is 11.4. The average Bonchev–Trinajstić information content (AvgIpc) is 2.24. The van der Waals surface area contributed by atoms with E-state index in [0.29, 0.717) is 13.2 Å². The van der Waals surface area contributed by atoms with E-state index in [4.69, 9.17) is 9.47 Å². The normalized spacial score (nSPS) is 19.6. The number of ether oxygens (including phenoxy) is 2. The lowest BCUT2D eigenvalue weighted by Gasteiger charge is -2.47. The molecule has 1 heterocycles. The van der Waals surface area contributed by atoms with E-state index in [-0.39, 0.29) is 6.29 Å². The van der Waals surface area contributed by atoms with E-state index in [1.165, 1.54) is 0 Å². The van der Waals surface area contributed by atoms with Crippen molar-refractivity contribution in [1.82, 2.24) is 4.90 Å². The first-order valence-electron chi connectivity index (χ1n) is 6.81. The predicted octanol–water partition coefficient (Wildman–Crippen LogP) is 1.62. The predicted molar refractivity (Wildman–Crippen MR) is 68.0 cm³/mol. The van der Waals surface area contributed by atoms with E-state index < -0.39 is 5.60 Å². The summed E-state index contributed by atoms with van der Waals surface area (Å²) in [5.74, 6) is 0. The van der Waals surface area contributed by atoms with Gasteiger partial charge in [0.05, 0.1) is 5.60 Å². The molecular weight excluding hydrogens is 218 g/mol. The standard InChI is InChI=1S/C13H27NO3/c1-4-8-13(15)10-14(11-13)9-7-12(16-5-2)17-6-3/h12,15H,4-11H2,1-3H3. The Balaban J connectivity index is 2.15. The van der Waals surface area contributed by atoms with Gasteiger partial charge in [0.15, 0.2) is 6.29 Å². The van der Waals surface area contributed by atoms with Crippen LogP contribution in [0, 0.1) is 0 Å². The maximum atomic E-state index is 10.0. The van der Waals surface area contributed by atoms with Crippen LogP contribution in [0.2, 0.25) is 0 Å². The third kappa shape index (κ3) is 4.92. The first-order valence-corrected chi connectivity index (χ1v) is 6.81. The van der Waals surface area contributed by atoms with Gasteiger partial charge in [-0.25, -0.2) is 0 Å². The van der Waals surface area contributed by atoms with Crippen molar-refractivity contribution in [1.29, 1.82) is 0 Å². The highest BCUT2D eigenvalue weighted by Crippen LogP contribution is 2.25. The summed E-state index contributed by atoms with van der Waals surface area (Å²) in [4.78, 5) is 2.26. The highest BCUT2D eigenvalue weighted by molar-refractivity contribution is 4.94. The molecule has 0 aromatic rings. The summed E-state index contributed by atoms with van der Waals surface area (Å²) in [7, 11) is 0. The minimum Gasteiger partial charge on any atom is -0.387 e. The van der Waals surface area contributed by atoms with Gasteiger partial charge in [0, 0.05) is 39.3 Å². The van der Waals surface area contributed by atoms with Crippen LogP contribution >= 0.6 is 0 Å². The summed E-state index contributed by atoms with van der Waals surface area (Å²) in [6.07, 6.45) is 2.74. The lowest BCUT2D eigenvalue weighted by atomic mass is 9.89. The molecule has 1 saturated heterocycles. The molecule has 1 fully saturated rings. The Morgan fingerprint density at radius 2 is 1.76 bits per heavy atom. The van der Waals surface area contributed by atoms with Gasteiger partial charge in [-0.3, -0.25) is 4.90 Å². The molecule has 102 valence electrons. The Hall–Kier alpha value is -0.160. The van der Waals surface area contributed by atoms with Crippen molar-refractivity contribution in [3.05, 3.63) is 0 Å². The monoisotopic (exact) mass is 245 g/mol. The number of β-amino-alcohol motifs (C(OH)–C–C–N with tert-alkyl or cyclic N) is 1. The molecule has 0 amide bonds. The molecule has 0 aliphatic carbocycles. The van der Waals surface area contributed by atoms with E-state index in [9.17, 15) is 5.11 Å². The molecule has 0 unspecified atom stereocenters. The van der Waals surface area contributed by atoms with E-state index in [1.54, 1.807) is 0 Å². The highest BCUT2D eigenvalue weighted by Gasteiger charge is 2.39. The number of rotatable bonds is 9. The highest BCUT2D eigenvalue weighted by atomic mass is 16.7. The van der Waals surface area contributed by atoms with Gasteiger partial charge in [-0.2, -0.15) is 0 Å². The van der Waals surface area contributed by atoms with E-state index >= 15 is 0 Å². The second-order valence-electron chi connectivity index (χ2n) is 4.81. The molecule has 1 aliphatic rings. The fourth-order valence-corrected chi connectivity index (χ4v) is 2.44. The molecule has 0 aromatic carbocycles. The Kier molecular flexibility index (Phi) is 6.41. The second kappa shape index (κ2) is 7.31. The molecule has 0 bridgehead atoms. The van der Waals surface area contributed by atoms with Gasteiger partial charge in [-0.1, -0.05) is 13.3 Å². The van der Waals surface area contributed by atoms with Gasteiger partial charge in [0.1, 0.15) is 0 Å². The van der Waals surface area contributed by atoms with Gasteiger partial charge in [0.25, 0.3) is 0 Å². The lowest BCUT2D eigenvalue weighted by Crippen LogP contribution is -2.61. The maximum absolute atomic E-state index is 10.0. The van der Waals surface area contributed by atoms with Crippen LogP contribution in [0.5, 0.6) is 0 Å². The summed E-state index contributed by atoms with van der Waals surface area (Å²) in [5, 5.41) is 10.0. The zero-order chi connectivity index (χ0) is 12.7. The molecule has 0 atom stereocenters. The van der Waals surface area contributed by atoms with Crippen molar-refractivity contribution in [2.75, 3.05) is 32.8 Å². The van der Waals surface area contributed by atoms with Crippen LogP contribution in [-0.4, -0.2) is 54.7 Å². The first-order chi connectivity index (χ1) is 8.13. The number of nitrogens with zero attached hydrogens (tertiary/aromatic N) is 1. The fourth-order valence-electron chi connectivity index (χ4n) is 2.44. The quantitative estimate of drug-likeness (QED) is 0.627. The number of aliphatic hydroxyl groups is 1. The molecule has 0 aromatic heterocycles. The average molecular weight is 245 g/mol. The van der Waals surface area contributed by atoms with Crippen molar-refractivity contribution >= 4 is 0 Å². The van der Waals surface area contributed by atoms with Crippen molar-refractivity contribution in [3.63, 3.8) is 0 Å². The molecular formula is C13H27NO3. The molecule has 0 saturated carbocycles. The number of hydrogen-bond acceptors (Lipinski definition) is 4. The smallest absolute Gasteiger partial charge is 0.158 e. The largest absolute Gasteiger partial charge is 0.387 e. The van der Waals surface area contributed by atoms with E-state index in [2.05, 4.69) is 11.8 Å². The Bertz CT molecular complexity index is 199. The van der Waals surface area contributed by atoms with Crippen molar-refractivity contribution in [2.45, 2.75) is 51.9 Å². The van der Waals surface area contributed by atoms with Gasteiger partial charge in [-0.05, 0) is 20.3 Å². The molecule has 0 radical (unpaired) electrons. The minimum absolute atomic E-state index is 0.0927. The lowest BCUT2D eigenvalue weighted by molar-refractivity contribution is -0.154. The summed E-state index contributed by atoms with van der Waals surface area (Å²) in [5.41, 5.74) is -0.429. The molecule has 17 heavy (non-hydrogen) atoms. The minimum atomic E-state index is -0.429. The topological polar surface area (TPSA) is 41.9 Å². The van der Waals surface area contributed by atoms with Crippen molar-refractivity contribution in [2.24, 2.45) is 0 Å². The summed E-state index contributed by atoms with van der Waals surface area (Å²) in [6, 6.07) is 0. The van der Waals surface area contributed by atoms with Gasteiger partial charge < -0.3 is 14.6 Å². The number of likely N-dealkylation sites (tertiary alicyclic amines) is 1. The van der Waals surface area contributed by atoms with Crippen LogP contribution in [0.15, 0.2) is 0 Å². The number of hydrogen-bond donors (Lipinski definition) is 1. The molecule has 4 nitrogen and oxygen atoms in total. The molecule has 1 N–H and O–H groups in total. The third-order valence-corrected chi connectivity index (χ3v) is 3.14. The van der Waals surface area contributed by atoms with Gasteiger partial charge >= 0.3 is 0 Å². The van der Waals surface area contributed by atoms with Gasteiger partial charge in [0.2, 0.25) is 0 Å². The van der Waals surface area contributed by atoms with Gasteiger partial charge in [-0.15, -0.1) is 0 Å². The Labute approximate surface area is 105 Å². The molecule has 0 spiro atoms. The summed E-state index contributed by atoms with van der Waals surface area (Å²) in [6.45, 7) is 9.98. The van der Waals surface area contributed by atoms with Crippen molar-refractivity contribution < 1.29 is 14.6 Å². The van der Waals surface area contributed by atoms with Crippen molar-refractivity contribution in [3.8, 4) is 0 Å². The van der Waals surface area contributed by atoms with Crippen LogP contribution in [0.3, 0.4) is 0 Å². The molecule has 4 heteroatoms. The van der Waals surface area contributed by atoms with Crippen LogP contribution in [0.1, 0.15) is 40.0 Å². The zero-order valence-electron chi connectivity index (χ0n) is 11.4. The molecule has 1 aliphatic heterocycles. The Morgan fingerprint density at radius 1 is 1.18 bits per heavy atom. The third-order valence-electron chi connectivity index (χ3n) is 3.14. The van der Waals surface area contributed by atoms with E-state index in [1.807, 2.05) is 13.8 Å². The second-order valence-corrected chi connectivity index (χ2v) is 4.81.